The van der Waals surface area contributed by atoms with Crippen LogP contribution in [0.3, 0.4) is 0 Å². The normalized spacial score (nSPS) is 25.4. The van der Waals surface area contributed by atoms with E-state index in [-0.39, 0.29) is 0 Å². The minimum Gasteiger partial charge on any atom is -0.0966 e. The molecule has 0 fully saturated rings. The standard InChI is InChI=1S/CH2F10S2/c2-12(3,4,5,6)1-13(7,8,9,10)11/h1H2. The molecule has 0 aliphatic carbocycles. The molecule has 88 valence electrons. The van der Waals surface area contributed by atoms with Crippen LogP contribution in [0, 0.1) is 0 Å². The Balaban J connectivity index is 5.36. The van der Waals surface area contributed by atoms with E-state index in [1.807, 2.05) is 0 Å². The highest BCUT2D eigenvalue weighted by atomic mass is 32.5. The Morgan fingerprint density at radius 1 is 0.462 bits per heavy atom. The van der Waals surface area contributed by atoms with Crippen LogP contribution in [-0.2, 0) is 0 Å². The molecule has 0 nitrogen and oxygen atoms in total. The van der Waals surface area contributed by atoms with Crippen molar-refractivity contribution >= 4 is 20.4 Å². The quantitative estimate of drug-likeness (QED) is 0.577. The first kappa shape index (κ1) is 13.0. The maximum atomic E-state index is 11.0. The van der Waals surface area contributed by atoms with E-state index in [1.54, 1.807) is 0 Å². The van der Waals surface area contributed by atoms with Gasteiger partial charge >= 0.3 is 20.4 Å². The Kier molecular flexibility index (Phi) is 1.51. The third-order valence-electron chi connectivity index (χ3n) is 0.445. The smallest absolute Gasteiger partial charge is 0.0966 e. The average molecular weight is 268 g/mol. The van der Waals surface area contributed by atoms with E-state index in [0.29, 0.717) is 0 Å². The largest absolute Gasteiger partial charge is 0.302 e. The van der Waals surface area contributed by atoms with Crippen molar-refractivity contribution in [3.05, 3.63) is 0 Å². The highest BCUT2D eigenvalue weighted by Gasteiger charge is 2.81. The first-order chi connectivity index (χ1) is 4.66. The van der Waals surface area contributed by atoms with E-state index in [0.717, 1.165) is 0 Å². The molecule has 0 saturated heterocycles. The second kappa shape index (κ2) is 1.51. The summed E-state index contributed by atoms with van der Waals surface area (Å²) in [6, 6.07) is 0. The summed E-state index contributed by atoms with van der Waals surface area (Å²) < 4.78 is 110. The minimum absolute atomic E-state index is 5.28. The lowest BCUT2D eigenvalue weighted by molar-refractivity contribution is 0.339. The summed E-state index contributed by atoms with van der Waals surface area (Å²) >= 11 is 0. The lowest BCUT2D eigenvalue weighted by Gasteiger charge is -2.50. The second-order valence-electron chi connectivity index (χ2n) is 2.38. The van der Waals surface area contributed by atoms with E-state index in [4.69, 9.17) is 0 Å². The Labute approximate surface area is 65.3 Å². The lowest BCUT2D eigenvalue weighted by Crippen LogP contribution is -2.22. The topological polar surface area (TPSA) is 0 Å². The molecule has 0 unspecified atom stereocenters. The zero-order valence-electron chi connectivity index (χ0n) is 5.30. The van der Waals surface area contributed by atoms with Crippen molar-refractivity contribution in [2.75, 3.05) is 5.08 Å². The van der Waals surface area contributed by atoms with Crippen molar-refractivity contribution in [3.63, 3.8) is 0 Å². The maximum Gasteiger partial charge on any atom is 0.302 e. The van der Waals surface area contributed by atoms with Crippen molar-refractivity contribution < 1.29 is 38.9 Å². The van der Waals surface area contributed by atoms with E-state index >= 15 is 0 Å². The van der Waals surface area contributed by atoms with Crippen LogP contribution >= 0.6 is 20.4 Å². The van der Waals surface area contributed by atoms with Gasteiger partial charge in [0, 0.05) is 0 Å². The molecule has 0 aliphatic rings. The Hall–Kier alpha value is -0.000000000000000111. The molecule has 0 saturated carbocycles. The molecule has 0 aromatic rings. The molecule has 12 heteroatoms. The fourth-order valence-electron chi connectivity index (χ4n) is 0.421. The van der Waals surface area contributed by atoms with Crippen molar-refractivity contribution in [3.8, 4) is 0 Å². The van der Waals surface area contributed by atoms with Crippen LogP contribution in [0.4, 0.5) is 38.9 Å². The maximum absolute atomic E-state index is 11.2. The van der Waals surface area contributed by atoms with Crippen molar-refractivity contribution in [1.29, 1.82) is 0 Å². The fourth-order valence-corrected chi connectivity index (χ4v) is 3.79. The first-order valence-corrected chi connectivity index (χ1v) is 6.36. The van der Waals surface area contributed by atoms with Gasteiger partial charge in [0.15, 0.2) is 0 Å². The van der Waals surface area contributed by atoms with Gasteiger partial charge in [0.2, 0.25) is 5.08 Å². The van der Waals surface area contributed by atoms with Gasteiger partial charge in [-0.05, 0) is 0 Å². The molecule has 0 heterocycles. The molecule has 0 aromatic carbocycles. The van der Waals surface area contributed by atoms with Crippen LogP contribution in [0.2, 0.25) is 0 Å². The molecule has 0 aliphatic heterocycles. The molecule has 0 rings (SSSR count). The molecule has 0 spiro atoms. The molecule has 0 bridgehead atoms. The molecular formula is CH2F10S2. The molecule has 0 atom stereocenters. The molecule has 0 amide bonds. The minimum atomic E-state index is -11.2. The van der Waals surface area contributed by atoms with Crippen molar-refractivity contribution in [2.24, 2.45) is 0 Å². The first-order valence-electron chi connectivity index (χ1n) is 2.12. The second-order valence-corrected chi connectivity index (χ2v) is 7.83. The molecule has 0 N–H and O–H groups in total. The summed E-state index contributed by atoms with van der Waals surface area (Å²) in [5.41, 5.74) is 0. The fraction of sp³-hybridized carbons (Fsp3) is 1.00. The molecule has 13 heavy (non-hydrogen) atoms. The number of rotatable bonds is 2. The van der Waals surface area contributed by atoms with E-state index < -0.39 is 25.5 Å². The molecule has 0 aromatic heterocycles. The van der Waals surface area contributed by atoms with Crippen LogP contribution in [0.15, 0.2) is 0 Å². The SMILES string of the molecule is FS(F)(F)(F)(F)CS(F)(F)(F)(F)F. The van der Waals surface area contributed by atoms with E-state index in [2.05, 4.69) is 0 Å². The zero-order valence-corrected chi connectivity index (χ0v) is 6.94. The van der Waals surface area contributed by atoms with Crippen LogP contribution in [0.25, 0.3) is 0 Å². The average Bonchev–Trinajstić information content (AvgIpc) is 0.949. The summed E-state index contributed by atoms with van der Waals surface area (Å²) in [5.74, 6) is 0. The van der Waals surface area contributed by atoms with Gasteiger partial charge < -0.3 is 0 Å². The number of hydrogen-bond donors (Lipinski definition) is 0. The van der Waals surface area contributed by atoms with Crippen LogP contribution < -0.4 is 0 Å². The van der Waals surface area contributed by atoms with Gasteiger partial charge in [-0.3, -0.25) is 0 Å². The Bertz CT molecular complexity index is 200. The third kappa shape index (κ3) is 12.0. The van der Waals surface area contributed by atoms with Crippen LogP contribution in [0.1, 0.15) is 0 Å². The molecular weight excluding hydrogens is 266 g/mol. The van der Waals surface area contributed by atoms with Gasteiger partial charge in [0.25, 0.3) is 0 Å². The highest BCUT2D eigenvalue weighted by molar-refractivity contribution is 8.60. The van der Waals surface area contributed by atoms with Crippen LogP contribution in [0.5, 0.6) is 0 Å². The predicted octanol–water partition coefficient (Wildman–Crippen LogP) is 5.54. The summed E-state index contributed by atoms with van der Waals surface area (Å²) in [6.07, 6.45) is 0. The van der Waals surface area contributed by atoms with Crippen LogP contribution in [-0.4, -0.2) is 5.08 Å². The Morgan fingerprint density at radius 2 is 0.615 bits per heavy atom. The van der Waals surface area contributed by atoms with Gasteiger partial charge in [-0.15, -0.1) is 0 Å². The zero-order chi connectivity index (χ0) is 11.5. The van der Waals surface area contributed by atoms with E-state index in [1.165, 1.54) is 0 Å². The number of halogens is 10. The Morgan fingerprint density at radius 3 is 0.615 bits per heavy atom. The van der Waals surface area contributed by atoms with Gasteiger partial charge in [-0.2, -0.15) is 0 Å². The number of hydrogen-bond acceptors (Lipinski definition) is 0. The predicted molar refractivity (Wildman–Crippen MR) is 31.1 cm³/mol. The monoisotopic (exact) mass is 268 g/mol. The third-order valence-corrected chi connectivity index (χ3v) is 4.01. The van der Waals surface area contributed by atoms with Crippen molar-refractivity contribution in [1.82, 2.24) is 0 Å². The molecule has 0 radical (unpaired) electrons. The highest BCUT2D eigenvalue weighted by Crippen LogP contribution is 3.12. The van der Waals surface area contributed by atoms with E-state index in [9.17, 15) is 38.9 Å². The van der Waals surface area contributed by atoms with Crippen molar-refractivity contribution in [2.45, 2.75) is 0 Å². The summed E-state index contributed by atoms with van der Waals surface area (Å²) in [4.78, 5) is 0. The van der Waals surface area contributed by atoms with Gasteiger partial charge in [0.1, 0.15) is 0 Å². The lowest BCUT2D eigenvalue weighted by atomic mass is 11.9. The summed E-state index contributed by atoms with van der Waals surface area (Å²) in [5, 5.41) is -5.28. The van der Waals surface area contributed by atoms with Gasteiger partial charge in [-0.25, -0.2) is 0 Å². The summed E-state index contributed by atoms with van der Waals surface area (Å²) in [7, 11) is -22.3. The summed E-state index contributed by atoms with van der Waals surface area (Å²) in [6.45, 7) is 0. The van der Waals surface area contributed by atoms with Gasteiger partial charge in [0.05, 0.1) is 0 Å². The van der Waals surface area contributed by atoms with Gasteiger partial charge in [-0.1, -0.05) is 38.9 Å².